The van der Waals surface area contributed by atoms with Crippen molar-refractivity contribution in [3.8, 4) is 5.75 Å². The number of benzene rings is 2. The fourth-order valence-corrected chi connectivity index (χ4v) is 3.47. The molecule has 3 rings (SSSR count). The Kier molecular flexibility index (Phi) is 7.18. The predicted octanol–water partition coefficient (Wildman–Crippen LogP) is 4.14. The lowest BCUT2D eigenvalue weighted by molar-refractivity contribution is -0.136. The summed E-state index contributed by atoms with van der Waals surface area (Å²) in [7, 11) is 0. The molecule has 0 radical (unpaired) electrons. The number of rotatable bonds is 4. The molecule has 4 nitrogen and oxygen atoms in total. The fraction of sp³-hybridized carbons (Fsp3) is 0.316. The molecule has 0 spiro atoms. The first-order valence-corrected chi connectivity index (χ1v) is 8.93. The van der Waals surface area contributed by atoms with Crippen molar-refractivity contribution in [3.05, 3.63) is 64.1 Å². The van der Waals surface area contributed by atoms with Gasteiger partial charge in [-0.25, -0.2) is 0 Å². The fourth-order valence-electron chi connectivity index (χ4n) is 3.13. The first-order valence-electron chi connectivity index (χ1n) is 8.17. The molecule has 1 amide bonds. The largest absolute Gasteiger partial charge is 0.479 e. The molecule has 0 aromatic heterocycles. The Morgan fingerprint density at radius 2 is 1.85 bits per heavy atom. The Morgan fingerprint density at radius 1 is 1.15 bits per heavy atom. The van der Waals surface area contributed by atoms with Gasteiger partial charge < -0.3 is 15.4 Å². The van der Waals surface area contributed by atoms with Gasteiger partial charge in [0.15, 0.2) is 6.10 Å². The summed E-state index contributed by atoms with van der Waals surface area (Å²) in [5, 5.41) is 0.704. The van der Waals surface area contributed by atoms with Crippen LogP contribution in [-0.4, -0.2) is 36.0 Å². The molecule has 1 aliphatic heterocycles. The van der Waals surface area contributed by atoms with Crippen LogP contribution in [0, 0.1) is 0 Å². The number of carbonyl (C=O) groups excluding carboxylic acids is 1. The summed E-state index contributed by atoms with van der Waals surface area (Å²) < 4.78 is 5.73. The SMILES string of the molecule is CC(Oc1cccc(Cl)c1Cl)C(=O)N1C[C@@H](N)[C@H](c2ccccc2)C1.Cl. The molecule has 1 unspecified atom stereocenters. The summed E-state index contributed by atoms with van der Waals surface area (Å²) in [6, 6.07) is 15.0. The predicted molar refractivity (Wildman–Crippen MR) is 108 cm³/mol. The Balaban J connectivity index is 0.00000243. The molecule has 1 saturated heterocycles. The molecule has 26 heavy (non-hydrogen) atoms. The lowest BCUT2D eigenvalue weighted by atomic mass is 9.95. The molecule has 0 bridgehead atoms. The Bertz CT molecular complexity index is 758. The van der Waals surface area contributed by atoms with E-state index in [1.54, 1.807) is 30.0 Å². The van der Waals surface area contributed by atoms with Gasteiger partial charge in [-0.2, -0.15) is 0 Å². The summed E-state index contributed by atoms with van der Waals surface area (Å²) in [6.07, 6.45) is -0.669. The third kappa shape index (κ3) is 4.44. The third-order valence-electron chi connectivity index (χ3n) is 4.47. The van der Waals surface area contributed by atoms with Crippen molar-refractivity contribution in [2.45, 2.75) is 25.0 Å². The van der Waals surface area contributed by atoms with Gasteiger partial charge in [-0.1, -0.05) is 59.6 Å². The van der Waals surface area contributed by atoms with Gasteiger partial charge in [0.25, 0.3) is 5.91 Å². The van der Waals surface area contributed by atoms with Crippen molar-refractivity contribution in [1.82, 2.24) is 4.90 Å². The minimum atomic E-state index is -0.669. The van der Waals surface area contributed by atoms with Gasteiger partial charge in [0.2, 0.25) is 0 Å². The smallest absolute Gasteiger partial charge is 0.263 e. The van der Waals surface area contributed by atoms with E-state index in [1.807, 2.05) is 30.3 Å². The van der Waals surface area contributed by atoms with Crippen molar-refractivity contribution in [1.29, 1.82) is 0 Å². The van der Waals surface area contributed by atoms with Crippen LogP contribution in [0.25, 0.3) is 0 Å². The second-order valence-corrected chi connectivity index (χ2v) is 7.02. The van der Waals surface area contributed by atoms with Gasteiger partial charge in [-0.05, 0) is 24.6 Å². The molecular weight excluding hydrogens is 395 g/mol. The Morgan fingerprint density at radius 3 is 2.54 bits per heavy atom. The summed E-state index contributed by atoms with van der Waals surface area (Å²) >= 11 is 12.1. The molecule has 2 aromatic rings. The highest BCUT2D eigenvalue weighted by molar-refractivity contribution is 6.42. The van der Waals surface area contributed by atoms with Crippen LogP contribution in [-0.2, 0) is 4.79 Å². The molecule has 2 N–H and O–H groups in total. The standard InChI is InChI=1S/C19H20Cl2N2O2.ClH/c1-12(25-17-9-5-8-15(20)18(17)21)19(24)23-10-14(16(22)11-23)13-6-3-2-4-7-13;/h2-9,12,14,16H,10-11,22H2,1H3;1H/t12?,14-,16+;/m0./s1. The van der Waals surface area contributed by atoms with Gasteiger partial charge in [0.1, 0.15) is 10.8 Å². The minimum Gasteiger partial charge on any atom is -0.479 e. The highest BCUT2D eigenvalue weighted by Gasteiger charge is 2.36. The van der Waals surface area contributed by atoms with Crippen LogP contribution in [0.1, 0.15) is 18.4 Å². The zero-order valence-electron chi connectivity index (χ0n) is 14.3. The number of hydrogen-bond acceptors (Lipinski definition) is 3. The maximum Gasteiger partial charge on any atom is 0.263 e. The molecule has 7 heteroatoms. The van der Waals surface area contributed by atoms with Crippen LogP contribution in [0.15, 0.2) is 48.5 Å². The van der Waals surface area contributed by atoms with Crippen molar-refractivity contribution < 1.29 is 9.53 Å². The average Bonchev–Trinajstić information content (AvgIpc) is 3.00. The maximum absolute atomic E-state index is 12.7. The highest BCUT2D eigenvalue weighted by atomic mass is 35.5. The molecule has 2 aromatic carbocycles. The summed E-state index contributed by atoms with van der Waals surface area (Å²) in [4.78, 5) is 14.5. The highest BCUT2D eigenvalue weighted by Crippen LogP contribution is 2.33. The van der Waals surface area contributed by atoms with Crippen molar-refractivity contribution >= 4 is 41.5 Å². The van der Waals surface area contributed by atoms with Crippen LogP contribution in [0.4, 0.5) is 0 Å². The van der Waals surface area contributed by atoms with E-state index in [9.17, 15) is 4.79 Å². The molecule has 0 aliphatic carbocycles. The van der Waals surface area contributed by atoms with Gasteiger partial charge >= 0.3 is 0 Å². The summed E-state index contributed by atoms with van der Waals surface area (Å²) in [5.74, 6) is 0.426. The van der Waals surface area contributed by atoms with E-state index in [1.165, 1.54) is 0 Å². The second kappa shape index (κ2) is 8.96. The van der Waals surface area contributed by atoms with Crippen LogP contribution in [0.5, 0.6) is 5.75 Å². The van der Waals surface area contributed by atoms with E-state index in [0.29, 0.717) is 28.9 Å². The number of amides is 1. The zero-order valence-corrected chi connectivity index (χ0v) is 16.6. The van der Waals surface area contributed by atoms with Gasteiger partial charge in [0, 0.05) is 25.0 Å². The molecule has 3 atom stereocenters. The summed E-state index contributed by atoms with van der Waals surface area (Å²) in [6.45, 7) is 2.80. The topological polar surface area (TPSA) is 55.6 Å². The number of carbonyl (C=O) groups is 1. The number of halogens is 3. The van der Waals surface area contributed by atoms with E-state index in [0.717, 1.165) is 5.56 Å². The second-order valence-electron chi connectivity index (χ2n) is 6.24. The number of likely N-dealkylation sites (tertiary alicyclic amines) is 1. The van der Waals surface area contributed by atoms with E-state index in [-0.39, 0.29) is 30.3 Å². The lowest BCUT2D eigenvalue weighted by Gasteiger charge is -2.22. The number of ether oxygens (including phenoxy) is 1. The monoisotopic (exact) mass is 414 g/mol. The Labute approximate surface area is 169 Å². The normalized spacial score (nSPS) is 20.4. The quantitative estimate of drug-likeness (QED) is 0.816. The van der Waals surface area contributed by atoms with Gasteiger partial charge in [-0.15, -0.1) is 12.4 Å². The third-order valence-corrected chi connectivity index (χ3v) is 5.27. The average molecular weight is 416 g/mol. The first-order chi connectivity index (χ1) is 12.0. The summed E-state index contributed by atoms with van der Waals surface area (Å²) in [5.41, 5.74) is 7.41. The number of nitrogens with zero attached hydrogens (tertiary/aromatic N) is 1. The molecular formula is C19H21Cl3N2O2. The number of nitrogens with two attached hydrogens (primary N) is 1. The van der Waals surface area contributed by atoms with Crippen LogP contribution in [0.3, 0.4) is 0 Å². The molecule has 1 aliphatic rings. The Hall–Kier alpha value is -1.46. The maximum atomic E-state index is 12.7. The molecule has 140 valence electrons. The molecule has 1 heterocycles. The zero-order chi connectivity index (χ0) is 18.0. The van der Waals surface area contributed by atoms with Gasteiger partial charge in [0.05, 0.1) is 5.02 Å². The van der Waals surface area contributed by atoms with Crippen molar-refractivity contribution in [2.75, 3.05) is 13.1 Å². The molecule has 0 saturated carbocycles. The van der Waals surface area contributed by atoms with E-state index < -0.39 is 6.10 Å². The van der Waals surface area contributed by atoms with Crippen LogP contribution < -0.4 is 10.5 Å². The van der Waals surface area contributed by atoms with Crippen molar-refractivity contribution in [3.63, 3.8) is 0 Å². The number of hydrogen-bond donors (Lipinski definition) is 1. The molecule has 1 fully saturated rings. The lowest BCUT2D eigenvalue weighted by Crippen LogP contribution is -2.40. The van der Waals surface area contributed by atoms with Crippen molar-refractivity contribution in [2.24, 2.45) is 5.73 Å². The minimum absolute atomic E-state index is 0. The first kappa shape index (κ1) is 20.8. The van der Waals surface area contributed by atoms with Crippen LogP contribution in [0.2, 0.25) is 10.0 Å². The van der Waals surface area contributed by atoms with Crippen LogP contribution >= 0.6 is 35.6 Å². The van der Waals surface area contributed by atoms with E-state index in [4.69, 9.17) is 33.7 Å². The van der Waals surface area contributed by atoms with E-state index in [2.05, 4.69) is 0 Å². The van der Waals surface area contributed by atoms with E-state index >= 15 is 0 Å². The van der Waals surface area contributed by atoms with Gasteiger partial charge in [-0.3, -0.25) is 4.79 Å².